The zero-order valence-electron chi connectivity index (χ0n) is 10.7. The average Bonchev–Trinajstić information content (AvgIpc) is 2.59. The Bertz CT molecular complexity index is 412. The fourth-order valence-electron chi connectivity index (χ4n) is 2.47. The van der Waals surface area contributed by atoms with Gasteiger partial charge < -0.3 is 10.6 Å². The normalized spacial score (nSPS) is 24.1. The van der Waals surface area contributed by atoms with E-state index in [1.165, 1.54) is 0 Å². The van der Waals surface area contributed by atoms with E-state index in [-0.39, 0.29) is 11.9 Å². The van der Waals surface area contributed by atoms with Crippen LogP contribution in [-0.4, -0.2) is 29.9 Å². The molecule has 1 saturated heterocycles. The molecule has 1 aromatic carbocycles. The lowest BCUT2D eigenvalue weighted by Crippen LogP contribution is -2.32. The van der Waals surface area contributed by atoms with Crippen LogP contribution in [0.1, 0.15) is 28.4 Å². The maximum absolute atomic E-state index is 12.5. The van der Waals surface area contributed by atoms with Crippen LogP contribution >= 0.6 is 0 Å². The first-order chi connectivity index (χ1) is 8.00. The summed E-state index contributed by atoms with van der Waals surface area (Å²) in [5.74, 6) is 0.517. The first-order valence-electron chi connectivity index (χ1n) is 6.11. The number of nitrogens with zero attached hydrogens (tertiary/aromatic N) is 1. The molecule has 2 rings (SSSR count). The smallest absolute Gasteiger partial charge is 0.254 e. The van der Waals surface area contributed by atoms with Crippen molar-refractivity contribution in [1.82, 2.24) is 4.90 Å². The zero-order chi connectivity index (χ0) is 12.6. The number of benzene rings is 1. The molecule has 0 bridgehead atoms. The quantitative estimate of drug-likeness (QED) is 0.801. The largest absolute Gasteiger partial charge is 0.337 e. The molecule has 0 radical (unpaired) electrons. The highest BCUT2D eigenvalue weighted by atomic mass is 16.2. The molecule has 17 heavy (non-hydrogen) atoms. The van der Waals surface area contributed by atoms with Gasteiger partial charge in [0.25, 0.3) is 5.91 Å². The predicted molar refractivity (Wildman–Crippen MR) is 69.0 cm³/mol. The highest BCUT2D eigenvalue weighted by Crippen LogP contribution is 2.21. The summed E-state index contributed by atoms with van der Waals surface area (Å²) in [6, 6.07) is 6.07. The van der Waals surface area contributed by atoms with E-state index in [4.69, 9.17) is 5.73 Å². The molecule has 2 atom stereocenters. The van der Waals surface area contributed by atoms with E-state index < -0.39 is 0 Å². The second kappa shape index (κ2) is 4.49. The molecule has 1 aliphatic rings. The van der Waals surface area contributed by atoms with E-state index in [0.717, 1.165) is 23.2 Å². The van der Waals surface area contributed by atoms with E-state index in [1.807, 2.05) is 36.9 Å². The third-order valence-electron chi connectivity index (χ3n) is 3.65. The van der Waals surface area contributed by atoms with Gasteiger partial charge in [0.05, 0.1) is 0 Å². The molecule has 0 aliphatic carbocycles. The molecular weight excluding hydrogens is 212 g/mol. The van der Waals surface area contributed by atoms with Crippen molar-refractivity contribution in [3.63, 3.8) is 0 Å². The number of hydrogen-bond acceptors (Lipinski definition) is 2. The van der Waals surface area contributed by atoms with E-state index in [0.29, 0.717) is 12.5 Å². The molecule has 2 unspecified atom stereocenters. The number of likely N-dealkylation sites (tertiary alicyclic amines) is 1. The standard InChI is InChI=1S/C14H20N2O/c1-9-5-4-6-10(2)13(9)14(17)16-7-11(3)12(15)8-16/h4-6,11-12H,7-8,15H2,1-3H3. The van der Waals surface area contributed by atoms with Gasteiger partial charge in [-0.05, 0) is 30.9 Å². The number of carbonyl (C=O) groups is 1. The number of carbonyl (C=O) groups excluding carboxylic acids is 1. The van der Waals surface area contributed by atoms with E-state index in [1.54, 1.807) is 0 Å². The number of nitrogens with two attached hydrogens (primary N) is 1. The Morgan fingerprint density at radius 3 is 2.35 bits per heavy atom. The monoisotopic (exact) mass is 232 g/mol. The second-order valence-electron chi connectivity index (χ2n) is 5.12. The Morgan fingerprint density at radius 1 is 1.29 bits per heavy atom. The molecule has 0 saturated carbocycles. The van der Waals surface area contributed by atoms with Gasteiger partial charge in [0.1, 0.15) is 0 Å². The first-order valence-corrected chi connectivity index (χ1v) is 6.11. The van der Waals surface area contributed by atoms with Crippen LogP contribution in [0, 0.1) is 19.8 Å². The van der Waals surface area contributed by atoms with Gasteiger partial charge in [-0.3, -0.25) is 4.79 Å². The zero-order valence-corrected chi connectivity index (χ0v) is 10.7. The number of amides is 1. The van der Waals surface area contributed by atoms with Crippen molar-refractivity contribution in [2.75, 3.05) is 13.1 Å². The van der Waals surface area contributed by atoms with Crippen molar-refractivity contribution in [2.24, 2.45) is 11.7 Å². The van der Waals surface area contributed by atoms with Gasteiger partial charge in [-0.1, -0.05) is 25.1 Å². The van der Waals surface area contributed by atoms with Crippen molar-refractivity contribution >= 4 is 5.91 Å². The maximum Gasteiger partial charge on any atom is 0.254 e. The number of aryl methyl sites for hydroxylation is 2. The van der Waals surface area contributed by atoms with Crippen LogP contribution in [0.2, 0.25) is 0 Å². The van der Waals surface area contributed by atoms with Gasteiger partial charge in [-0.15, -0.1) is 0 Å². The van der Waals surface area contributed by atoms with Crippen molar-refractivity contribution in [3.8, 4) is 0 Å². The fourth-order valence-corrected chi connectivity index (χ4v) is 2.47. The molecule has 1 fully saturated rings. The molecule has 3 nitrogen and oxygen atoms in total. The van der Waals surface area contributed by atoms with Crippen molar-refractivity contribution in [1.29, 1.82) is 0 Å². The predicted octanol–water partition coefficient (Wildman–Crippen LogP) is 1.72. The lowest BCUT2D eigenvalue weighted by atomic mass is 10.0. The van der Waals surface area contributed by atoms with E-state index in [2.05, 4.69) is 6.92 Å². The molecule has 3 heteroatoms. The highest BCUT2D eigenvalue weighted by molar-refractivity contribution is 5.97. The number of rotatable bonds is 1. The fraction of sp³-hybridized carbons (Fsp3) is 0.500. The van der Waals surface area contributed by atoms with Crippen LogP contribution in [0.4, 0.5) is 0 Å². The van der Waals surface area contributed by atoms with Crippen molar-refractivity contribution in [2.45, 2.75) is 26.8 Å². The Balaban J connectivity index is 2.27. The summed E-state index contributed by atoms with van der Waals surface area (Å²) in [6.45, 7) is 7.52. The molecule has 1 amide bonds. The van der Waals surface area contributed by atoms with E-state index >= 15 is 0 Å². The topological polar surface area (TPSA) is 46.3 Å². The van der Waals surface area contributed by atoms with Crippen LogP contribution < -0.4 is 5.73 Å². The van der Waals surface area contributed by atoms with Gasteiger partial charge >= 0.3 is 0 Å². The summed E-state index contributed by atoms with van der Waals surface area (Å²) in [4.78, 5) is 14.3. The minimum absolute atomic E-state index is 0.114. The summed E-state index contributed by atoms with van der Waals surface area (Å²) >= 11 is 0. The Labute approximate surface area is 103 Å². The molecule has 1 aromatic rings. The van der Waals surface area contributed by atoms with Crippen molar-refractivity contribution in [3.05, 3.63) is 34.9 Å². The third-order valence-corrected chi connectivity index (χ3v) is 3.65. The minimum Gasteiger partial charge on any atom is -0.337 e. The van der Waals surface area contributed by atoms with Gasteiger partial charge in [-0.2, -0.15) is 0 Å². The van der Waals surface area contributed by atoms with E-state index in [9.17, 15) is 4.79 Å². The van der Waals surface area contributed by atoms with Gasteiger partial charge in [0.2, 0.25) is 0 Å². The summed E-state index contributed by atoms with van der Waals surface area (Å²) < 4.78 is 0. The SMILES string of the molecule is Cc1cccc(C)c1C(=O)N1CC(C)C(N)C1. The minimum atomic E-state index is 0.114. The Hall–Kier alpha value is -1.35. The molecule has 2 N–H and O–H groups in total. The summed E-state index contributed by atoms with van der Waals surface area (Å²) in [6.07, 6.45) is 0. The van der Waals surface area contributed by atoms with Gasteiger partial charge in [0.15, 0.2) is 0 Å². The summed E-state index contributed by atoms with van der Waals surface area (Å²) in [7, 11) is 0. The summed E-state index contributed by atoms with van der Waals surface area (Å²) in [5.41, 5.74) is 8.90. The third kappa shape index (κ3) is 2.20. The van der Waals surface area contributed by atoms with Crippen LogP contribution in [-0.2, 0) is 0 Å². The second-order valence-corrected chi connectivity index (χ2v) is 5.12. The molecule has 1 aliphatic heterocycles. The Kier molecular flexibility index (Phi) is 3.20. The molecule has 0 spiro atoms. The highest BCUT2D eigenvalue weighted by Gasteiger charge is 2.31. The van der Waals surface area contributed by atoms with Crippen LogP contribution in [0.15, 0.2) is 18.2 Å². The molecule has 0 aromatic heterocycles. The number of hydrogen-bond donors (Lipinski definition) is 1. The average molecular weight is 232 g/mol. The van der Waals surface area contributed by atoms with Crippen molar-refractivity contribution < 1.29 is 4.79 Å². The first kappa shape index (κ1) is 12.1. The van der Waals surface area contributed by atoms with Crippen LogP contribution in [0.25, 0.3) is 0 Å². The Morgan fingerprint density at radius 2 is 1.88 bits per heavy atom. The molecule has 1 heterocycles. The van der Waals surface area contributed by atoms with Crippen LogP contribution in [0.3, 0.4) is 0 Å². The summed E-state index contributed by atoms with van der Waals surface area (Å²) in [5, 5.41) is 0. The van der Waals surface area contributed by atoms with Gasteiger partial charge in [0, 0.05) is 24.7 Å². The van der Waals surface area contributed by atoms with Crippen LogP contribution in [0.5, 0.6) is 0 Å². The lowest BCUT2D eigenvalue weighted by molar-refractivity contribution is 0.0785. The lowest BCUT2D eigenvalue weighted by Gasteiger charge is -2.18. The molecular formula is C14H20N2O. The van der Waals surface area contributed by atoms with Gasteiger partial charge in [-0.25, -0.2) is 0 Å². The molecule has 92 valence electrons. The maximum atomic E-state index is 12.5.